The summed E-state index contributed by atoms with van der Waals surface area (Å²) in [6.07, 6.45) is 3.14. The van der Waals surface area contributed by atoms with Crippen LogP contribution in [0.2, 0.25) is 0 Å². The lowest BCUT2D eigenvalue weighted by atomic mass is 10.0. The molecule has 1 heterocycles. The van der Waals surface area contributed by atoms with Gasteiger partial charge in [0.25, 0.3) is 0 Å². The van der Waals surface area contributed by atoms with Crippen molar-refractivity contribution in [2.45, 2.75) is 38.3 Å². The molecule has 2 rings (SSSR count). The Labute approximate surface area is 138 Å². The van der Waals surface area contributed by atoms with Crippen LogP contribution < -0.4 is 20.1 Å². The fourth-order valence-electron chi connectivity index (χ4n) is 2.65. The van der Waals surface area contributed by atoms with Crippen LogP contribution in [0.5, 0.6) is 11.5 Å². The van der Waals surface area contributed by atoms with E-state index in [1.165, 1.54) is 0 Å². The molecule has 22 heavy (non-hydrogen) atoms. The van der Waals surface area contributed by atoms with Crippen LogP contribution in [-0.2, 0) is 4.79 Å². The first-order valence-electron chi connectivity index (χ1n) is 7.41. The average molecular weight is 329 g/mol. The maximum atomic E-state index is 12.3. The summed E-state index contributed by atoms with van der Waals surface area (Å²) in [6.45, 7) is 2.87. The zero-order valence-corrected chi connectivity index (χ0v) is 14.2. The molecule has 124 valence electrons. The topological polar surface area (TPSA) is 59.6 Å². The number of ether oxygens (including phenoxy) is 2. The van der Waals surface area contributed by atoms with E-state index in [4.69, 9.17) is 9.47 Å². The van der Waals surface area contributed by atoms with Crippen LogP contribution >= 0.6 is 12.4 Å². The number of halogens is 1. The van der Waals surface area contributed by atoms with Gasteiger partial charge >= 0.3 is 0 Å². The van der Waals surface area contributed by atoms with E-state index >= 15 is 0 Å². The minimum atomic E-state index is -0.133. The summed E-state index contributed by atoms with van der Waals surface area (Å²) in [6, 6.07) is 5.39. The molecule has 2 atom stereocenters. The maximum Gasteiger partial charge on any atom is 0.237 e. The second-order valence-corrected chi connectivity index (χ2v) is 5.34. The van der Waals surface area contributed by atoms with Crippen LogP contribution in [0, 0.1) is 0 Å². The largest absolute Gasteiger partial charge is 0.497 e. The van der Waals surface area contributed by atoms with Crippen LogP contribution in [0.1, 0.15) is 37.8 Å². The number of methoxy groups -OCH3 is 2. The highest BCUT2D eigenvalue weighted by molar-refractivity contribution is 5.85. The van der Waals surface area contributed by atoms with E-state index in [1.807, 2.05) is 25.1 Å². The molecule has 2 unspecified atom stereocenters. The summed E-state index contributed by atoms with van der Waals surface area (Å²) in [7, 11) is 3.25. The molecule has 1 aromatic carbocycles. The Hall–Kier alpha value is -1.46. The number of hydrogen-bond acceptors (Lipinski definition) is 4. The van der Waals surface area contributed by atoms with E-state index < -0.39 is 0 Å². The van der Waals surface area contributed by atoms with E-state index in [2.05, 4.69) is 10.6 Å². The number of carbonyl (C=O) groups is 1. The third-order valence-corrected chi connectivity index (χ3v) is 3.89. The van der Waals surface area contributed by atoms with Crippen LogP contribution in [0.3, 0.4) is 0 Å². The van der Waals surface area contributed by atoms with Gasteiger partial charge in [0.1, 0.15) is 11.5 Å². The Balaban J connectivity index is 0.00000242. The number of benzene rings is 1. The van der Waals surface area contributed by atoms with Crippen molar-refractivity contribution >= 4 is 18.3 Å². The molecule has 0 spiro atoms. The lowest BCUT2D eigenvalue weighted by Gasteiger charge is -2.25. The van der Waals surface area contributed by atoms with Gasteiger partial charge in [0.2, 0.25) is 5.91 Å². The molecule has 1 amide bonds. The monoisotopic (exact) mass is 328 g/mol. The van der Waals surface area contributed by atoms with Gasteiger partial charge in [-0.2, -0.15) is 0 Å². The molecule has 1 aliphatic rings. The first-order valence-corrected chi connectivity index (χ1v) is 7.41. The van der Waals surface area contributed by atoms with Gasteiger partial charge < -0.3 is 20.1 Å². The Morgan fingerprint density at radius 3 is 2.68 bits per heavy atom. The van der Waals surface area contributed by atoms with E-state index in [0.717, 1.165) is 42.9 Å². The predicted octanol–water partition coefficient (Wildman–Crippen LogP) is 2.44. The highest BCUT2D eigenvalue weighted by atomic mass is 35.5. The van der Waals surface area contributed by atoms with Crippen LogP contribution in [-0.4, -0.2) is 32.7 Å². The van der Waals surface area contributed by atoms with E-state index in [9.17, 15) is 4.79 Å². The molecule has 2 N–H and O–H groups in total. The second kappa shape index (κ2) is 8.86. The number of rotatable bonds is 5. The molecule has 0 saturated carbocycles. The van der Waals surface area contributed by atoms with Crippen molar-refractivity contribution in [3.05, 3.63) is 23.8 Å². The van der Waals surface area contributed by atoms with Crippen LogP contribution in [0.15, 0.2) is 18.2 Å². The summed E-state index contributed by atoms with van der Waals surface area (Å²) in [5.41, 5.74) is 0.918. The number of carbonyl (C=O) groups excluding carboxylic acids is 1. The fraction of sp³-hybridized carbons (Fsp3) is 0.562. The predicted molar refractivity (Wildman–Crippen MR) is 89.0 cm³/mol. The van der Waals surface area contributed by atoms with Crippen molar-refractivity contribution in [1.82, 2.24) is 10.6 Å². The van der Waals surface area contributed by atoms with Gasteiger partial charge in [0.05, 0.1) is 26.3 Å². The Kier molecular flexibility index (Phi) is 7.48. The molecule has 0 aliphatic carbocycles. The minimum Gasteiger partial charge on any atom is -0.497 e. The van der Waals surface area contributed by atoms with Gasteiger partial charge in [0, 0.05) is 5.56 Å². The van der Waals surface area contributed by atoms with Crippen molar-refractivity contribution in [2.24, 2.45) is 0 Å². The van der Waals surface area contributed by atoms with Crippen LogP contribution in [0.4, 0.5) is 0 Å². The maximum absolute atomic E-state index is 12.3. The van der Waals surface area contributed by atoms with Crippen molar-refractivity contribution in [1.29, 1.82) is 0 Å². The van der Waals surface area contributed by atoms with Gasteiger partial charge in [-0.25, -0.2) is 0 Å². The molecular weight excluding hydrogens is 304 g/mol. The molecule has 0 bridgehead atoms. The van der Waals surface area contributed by atoms with Crippen molar-refractivity contribution in [3.8, 4) is 11.5 Å². The van der Waals surface area contributed by atoms with Gasteiger partial charge in [-0.3, -0.25) is 4.79 Å². The summed E-state index contributed by atoms with van der Waals surface area (Å²) < 4.78 is 10.6. The molecule has 1 fully saturated rings. The zero-order chi connectivity index (χ0) is 15.2. The lowest BCUT2D eigenvalue weighted by molar-refractivity contribution is -0.124. The minimum absolute atomic E-state index is 0. The first kappa shape index (κ1) is 18.6. The lowest BCUT2D eigenvalue weighted by Crippen LogP contribution is -2.47. The SMILES string of the molecule is COc1ccc(OC)c(C(C)NC(=O)C2CCCCN2)c1.Cl. The molecule has 1 saturated heterocycles. The third-order valence-electron chi connectivity index (χ3n) is 3.89. The molecule has 0 aromatic heterocycles. The number of nitrogens with one attached hydrogen (secondary N) is 2. The van der Waals surface area contributed by atoms with Crippen LogP contribution in [0.25, 0.3) is 0 Å². The molecular formula is C16H25ClN2O3. The van der Waals surface area contributed by atoms with Crippen molar-refractivity contribution in [3.63, 3.8) is 0 Å². The first-order chi connectivity index (χ1) is 10.2. The van der Waals surface area contributed by atoms with Crippen molar-refractivity contribution in [2.75, 3.05) is 20.8 Å². The highest BCUT2D eigenvalue weighted by Gasteiger charge is 2.23. The van der Waals surface area contributed by atoms with Gasteiger partial charge in [0.15, 0.2) is 0 Å². The molecule has 1 aliphatic heterocycles. The third kappa shape index (κ3) is 4.52. The quantitative estimate of drug-likeness (QED) is 0.871. The van der Waals surface area contributed by atoms with Gasteiger partial charge in [-0.15, -0.1) is 12.4 Å². The van der Waals surface area contributed by atoms with E-state index in [0.29, 0.717) is 0 Å². The highest BCUT2D eigenvalue weighted by Crippen LogP contribution is 2.29. The molecule has 6 heteroatoms. The number of piperidine rings is 1. The Morgan fingerprint density at radius 2 is 2.09 bits per heavy atom. The smallest absolute Gasteiger partial charge is 0.237 e. The Morgan fingerprint density at radius 1 is 1.32 bits per heavy atom. The zero-order valence-electron chi connectivity index (χ0n) is 13.3. The molecule has 1 aromatic rings. The van der Waals surface area contributed by atoms with Gasteiger partial charge in [-0.05, 0) is 44.5 Å². The average Bonchev–Trinajstić information content (AvgIpc) is 2.54. The van der Waals surface area contributed by atoms with E-state index in [1.54, 1.807) is 14.2 Å². The molecule has 5 nitrogen and oxygen atoms in total. The second-order valence-electron chi connectivity index (χ2n) is 5.34. The number of amides is 1. The van der Waals surface area contributed by atoms with Crippen molar-refractivity contribution < 1.29 is 14.3 Å². The fourth-order valence-corrected chi connectivity index (χ4v) is 2.65. The normalized spacial score (nSPS) is 18.8. The summed E-state index contributed by atoms with van der Waals surface area (Å²) in [4.78, 5) is 12.3. The summed E-state index contributed by atoms with van der Waals surface area (Å²) in [5.74, 6) is 1.55. The molecule has 0 radical (unpaired) electrons. The van der Waals surface area contributed by atoms with E-state index in [-0.39, 0.29) is 30.4 Å². The van der Waals surface area contributed by atoms with Gasteiger partial charge in [-0.1, -0.05) is 6.42 Å². The summed E-state index contributed by atoms with van der Waals surface area (Å²) >= 11 is 0. The Bertz CT molecular complexity index is 490. The summed E-state index contributed by atoms with van der Waals surface area (Å²) in [5, 5.41) is 6.31. The standard InChI is InChI=1S/C16H24N2O3.ClH/c1-11(18-16(19)14-6-4-5-9-17-14)13-10-12(20-2)7-8-15(13)21-3;/h7-8,10-11,14,17H,4-6,9H2,1-3H3,(H,18,19);1H. The number of hydrogen-bond donors (Lipinski definition) is 2.